The van der Waals surface area contributed by atoms with Gasteiger partial charge >= 0.3 is 73.5 Å². The average Bonchev–Trinajstić information content (AvgIpc) is 2.06. The molecule has 0 spiro atoms. The van der Waals surface area contributed by atoms with E-state index >= 15 is 0 Å². The minimum atomic E-state index is 0.420. The zero-order valence-electron chi connectivity index (χ0n) is 6.50. The predicted octanol–water partition coefficient (Wildman–Crippen LogP) is 1.70. The molecule has 0 aliphatic heterocycles. The van der Waals surface area contributed by atoms with Crippen LogP contribution in [0.1, 0.15) is 6.92 Å². The van der Waals surface area contributed by atoms with Gasteiger partial charge in [0.05, 0.1) is 0 Å². The molecule has 0 aliphatic rings. The summed E-state index contributed by atoms with van der Waals surface area (Å²) in [5.41, 5.74) is 2.91. The van der Waals surface area contributed by atoms with Crippen LogP contribution < -0.4 is 4.46 Å². The van der Waals surface area contributed by atoms with Gasteiger partial charge in [0, 0.05) is 0 Å². The summed E-state index contributed by atoms with van der Waals surface area (Å²) in [7, 11) is 0. The fraction of sp³-hybridized carbons (Fsp3) is 0.100. The summed E-state index contributed by atoms with van der Waals surface area (Å²) in [6, 6.07) is 10.4. The third kappa shape index (κ3) is 2.78. The van der Waals surface area contributed by atoms with Crippen molar-refractivity contribution in [1.82, 2.24) is 0 Å². The predicted molar refractivity (Wildman–Crippen MR) is 50.2 cm³/mol. The monoisotopic (exact) mass is 210 g/mol. The Labute approximate surface area is 73.8 Å². The molecule has 0 heterocycles. The molecule has 0 fully saturated rings. The van der Waals surface area contributed by atoms with E-state index in [4.69, 9.17) is 0 Å². The molecular weight excluding hydrogens is 199 g/mol. The Kier molecular flexibility index (Phi) is 3.19. The molecule has 0 radical (unpaired) electrons. The summed E-state index contributed by atoms with van der Waals surface area (Å²) < 4.78 is 2.64. The van der Waals surface area contributed by atoms with Crippen LogP contribution in [0.3, 0.4) is 0 Å². The molecule has 1 aromatic rings. The maximum atomic E-state index is 3.61. The van der Waals surface area contributed by atoms with Gasteiger partial charge in [0.25, 0.3) is 0 Å². The van der Waals surface area contributed by atoms with Crippen LogP contribution in [0.4, 0.5) is 0 Å². The van der Waals surface area contributed by atoms with Gasteiger partial charge in [-0.3, -0.25) is 0 Å². The molecule has 1 rings (SSSR count). The molecule has 0 aromatic heterocycles. The van der Waals surface area contributed by atoms with Crippen molar-refractivity contribution in [3.8, 4) is 0 Å². The van der Waals surface area contributed by atoms with Crippen molar-refractivity contribution >= 4 is 19.4 Å². The molecule has 0 nitrogen and oxygen atoms in total. The molecular formula is C10H10Se. The first kappa shape index (κ1) is 8.36. The standard InChI is InChI=1S/C10H10Se/c1-3-9(2)11-10-7-5-4-6-8-10/h4-8H,1H2,2H3. The second-order valence-electron chi connectivity index (χ2n) is 2.15. The fourth-order valence-corrected chi connectivity index (χ4v) is 2.21. The van der Waals surface area contributed by atoms with Gasteiger partial charge in [0.1, 0.15) is 0 Å². The normalized spacial score (nSPS) is 8.82. The van der Waals surface area contributed by atoms with Gasteiger partial charge in [-0.2, -0.15) is 0 Å². The van der Waals surface area contributed by atoms with E-state index in [9.17, 15) is 0 Å². The quantitative estimate of drug-likeness (QED) is 0.513. The zero-order chi connectivity index (χ0) is 8.10. The fourth-order valence-electron chi connectivity index (χ4n) is 0.701. The van der Waals surface area contributed by atoms with Crippen LogP contribution in [0.2, 0.25) is 0 Å². The Morgan fingerprint density at radius 3 is 2.55 bits per heavy atom. The Bertz CT molecular complexity index is 268. The van der Waals surface area contributed by atoms with Crippen LogP contribution in [-0.2, 0) is 0 Å². The van der Waals surface area contributed by atoms with Crippen LogP contribution in [0, 0.1) is 0 Å². The molecule has 0 aliphatic carbocycles. The molecule has 0 bridgehead atoms. The second-order valence-corrected chi connectivity index (χ2v) is 4.85. The van der Waals surface area contributed by atoms with Gasteiger partial charge in [0.2, 0.25) is 0 Å². The Balaban J connectivity index is 2.73. The van der Waals surface area contributed by atoms with Crippen LogP contribution in [0.15, 0.2) is 47.1 Å². The molecule has 0 N–H and O–H groups in total. The van der Waals surface area contributed by atoms with Crippen molar-refractivity contribution in [2.75, 3.05) is 0 Å². The average molecular weight is 209 g/mol. The number of rotatable bonds is 2. The SMILES string of the molecule is C=C=C(C)[Se]c1ccccc1. The first-order valence-corrected chi connectivity index (χ1v) is 5.14. The topological polar surface area (TPSA) is 0 Å². The van der Waals surface area contributed by atoms with Gasteiger partial charge in [-0.05, 0) is 0 Å². The third-order valence-electron chi connectivity index (χ3n) is 1.26. The van der Waals surface area contributed by atoms with Crippen LogP contribution in [-0.4, -0.2) is 15.0 Å². The van der Waals surface area contributed by atoms with Crippen molar-refractivity contribution < 1.29 is 0 Å². The van der Waals surface area contributed by atoms with E-state index in [2.05, 4.69) is 43.5 Å². The van der Waals surface area contributed by atoms with Crippen LogP contribution in [0.25, 0.3) is 0 Å². The molecule has 0 atom stereocenters. The number of allylic oxidation sites excluding steroid dienone is 1. The summed E-state index contributed by atoms with van der Waals surface area (Å²) >= 11 is 0.420. The Morgan fingerprint density at radius 1 is 1.36 bits per heavy atom. The summed E-state index contributed by atoms with van der Waals surface area (Å²) in [4.78, 5) is 0. The third-order valence-corrected chi connectivity index (χ3v) is 3.27. The summed E-state index contributed by atoms with van der Waals surface area (Å²) in [5.74, 6) is 0. The maximum absolute atomic E-state index is 3.61. The molecule has 1 aromatic carbocycles. The van der Waals surface area contributed by atoms with E-state index < -0.39 is 0 Å². The summed E-state index contributed by atoms with van der Waals surface area (Å²) in [6.07, 6.45) is 0. The van der Waals surface area contributed by atoms with E-state index in [1.54, 1.807) is 0 Å². The van der Waals surface area contributed by atoms with Gasteiger partial charge in [-0.15, -0.1) is 0 Å². The molecule has 0 amide bonds. The first-order valence-electron chi connectivity index (χ1n) is 3.42. The van der Waals surface area contributed by atoms with E-state index in [0.29, 0.717) is 15.0 Å². The van der Waals surface area contributed by atoms with E-state index in [0.717, 1.165) is 0 Å². The van der Waals surface area contributed by atoms with Gasteiger partial charge in [-0.1, -0.05) is 0 Å². The number of hydrogen-bond acceptors (Lipinski definition) is 0. The van der Waals surface area contributed by atoms with Crippen LogP contribution >= 0.6 is 0 Å². The molecule has 0 saturated heterocycles. The van der Waals surface area contributed by atoms with Crippen molar-refractivity contribution in [3.05, 3.63) is 47.1 Å². The molecule has 0 saturated carbocycles. The van der Waals surface area contributed by atoms with Crippen molar-refractivity contribution in [3.63, 3.8) is 0 Å². The van der Waals surface area contributed by atoms with E-state index in [1.165, 1.54) is 8.93 Å². The first-order chi connectivity index (χ1) is 5.33. The Morgan fingerprint density at radius 2 is 2.00 bits per heavy atom. The molecule has 56 valence electrons. The summed E-state index contributed by atoms with van der Waals surface area (Å²) in [6.45, 7) is 5.68. The number of benzene rings is 1. The molecule has 1 heteroatoms. The van der Waals surface area contributed by atoms with Crippen molar-refractivity contribution in [2.45, 2.75) is 6.92 Å². The zero-order valence-corrected chi connectivity index (χ0v) is 8.22. The van der Waals surface area contributed by atoms with Gasteiger partial charge in [-0.25, -0.2) is 0 Å². The van der Waals surface area contributed by atoms with Gasteiger partial charge < -0.3 is 0 Å². The molecule has 11 heavy (non-hydrogen) atoms. The van der Waals surface area contributed by atoms with E-state index in [-0.39, 0.29) is 0 Å². The molecule has 0 unspecified atom stereocenters. The van der Waals surface area contributed by atoms with Crippen molar-refractivity contribution in [1.29, 1.82) is 0 Å². The Hall–Kier alpha value is -0.741. The summed E-state index contributed by atoms with van der Waals surface area (Å²) in [5, 5.41) is 0. The van der Waals surface area contributed by atoms with Crippen molar-refractivity contribution in [2.24, 2.45) is 0 Å². The number of hydrogen-bond donors (Lipinski definition) is 0. The minimum absolute atomic E-state index is 0.420. The second kappa shape index (κ2) is 4.20. The van der Waals surface area contributed by atoms with Crippen LogP contribution in [0.5, 0.6) is 0 Å². The van der Waals surface area contributed by atoms with E-state index in [1.807, 2.05) is 6.07 Å². The van der Waals surface area contributed by atoms with Gasteiger partial charge in [0.15, 0.2) is 0 Å².